The van der Waals surface area contributed by atoms with Gasteiger partial charge in [-0.1, -0.05) is 20.3 Å². The molecule has 17 heavy (non-hydrogen) atoms. The van der Waals surface area contributed by atoms with Gasteiger partial charge in [-0.05, 0) is 32.2 Å². The molecule has 4 nitrogen and oxygen atoms in total. The fourth-order valence-corrected chi connectivity index (χ4v) is 2.57. The molecule has 0 aromatic rings. The van der Waals surface area contributed by atoms with E-state index in [9.17, 15) is 4.79 Å². The van der Waals surface area contributed by atoms with E-state index >= 15 is 0 Å². The molecule has 0 aliphatic carbocycles. The van der Waals surface area contributed by atoms with E-state index in [1.54, 1.807) is 0 Å². The van der Waals surface area contributed by atoms with Crippen LogP contribution in [0.5, 0.6) is 0 Å². The van der Waals surface area contributed by atoms with E-state index in [0.717, 1.165) is 38.6 Å². The lowest BCUT2D eigenvalue weighted by Gasteiger charge is -2.34. The van der Waals surface area contributed by atoms with E-state index in [0.29, 0.717) is 6.54 Å². The topological polar surface area (TPSA) is 52.6 Å². The first-order chi connectivity index (χ1) is 8.24. The van der Waals surface area contributed by atoms with Crippen molar-refractivity contribution in [1.29, 1.82) is 0 Å². The highest BCUT2D eigenvalue weighted by molar-refractivity contribution is 5.82. The Hall–Kier alpha value is -0.610. The third-order valence-electron chi connectivity index (χ3n) is 3.62. The molecule has 0 spiro atoms. The zero-order valence-electron chi connectivity index (χ0n) is 11.1. The predicted molar refractivity (Wildman–Crippen MR) is 68.8 cm³/mol. The number of carbonyl (C=O) groups excluding carboxylic acids is 1. The quantitative estimate of drug-likeness (QED) is 0.734. The molecule has 4 heteroatoms. The normalized spacial score (nSPS) is 20.6. The van der Waals surface area contributed by atoms with Gasteiger partial charge < -0.3 is 15.3 Å². The Balaban J connectivity index is 2.63. The van der Waals surface area contributed by atoms with Gasteiger partial charge >= 0.3 is 0 Å². The van der Waals surface area contributed by atoms with Gasteiger partial charge in [0.2, 0.25) is 5.91 Å². The summed E-state index contributed by atoms with van der Waals surface area (Å²) in [6.07, 6.45) is 5.12. The van der Waals surface area contributed by atoms with Gasteiger partial charge in [-0.3, -0.25) is 4.79 Å². The number of hydrogen-bond donors (Lipinski definition) is 2. The lowest BCUT2D eigenvalue weighted by atomic mass is 10.0. The first-order valence-electron chi connectivity index (χ1n) is 6.89. The molecular formula is C13H26N2O2. The van der Waals surface area contributed by atoms with Gasteiger partial charge in [-0.15, -0.1) is 0 Å². The van der Waals surface area contributed by atoms with E-state index in [4.69, 9.17) is 5.11 Å². The van der Waals surface area contributed by atoms with Crippen LogP contribution in [0.2, 0.25) is 0 Å². The third kappa shape index (κ3) is 3.96. The molecule has 1 aliphatic rings. The number of aliphatic hydroxyl groups excluding tert-OH is 1. The van der Waals surface area contributed by atoms with Crippen molar-refractivity contribution in [2.45, 2.75) is 58.0 Å². The van der Waals surface area contributed by atoms with Crippen LogP contribution in [0.4, 0.5) is 0 Å². The molecule has 1 atom stereocenters. The molecule has 0 bridgehead atoms. The van der Waals surface area contributed by atoms with Gasteiger partial charge in [-0.25, -0.2) is 0 Å². The zero-order chi connectivity index (χ0) is 12.7. The molecule has 1 saturated heterocycles. The van der Waals surface area contributed by atoms with Gasteiger partial charge in [0.25, 0.3) is 0 Å². The first kappa shape index (κ1) is 14.5. The van der Waals surface area contributed by atoms with Crippen LogP contribution in [0.25, 0.3) is 0 Å². The molecule has 1 aliphatic heterocycles. The van der Waals surface area contributed by atoms with E-state index in [1.165, 1.54) is 0 Å². The molecule has 0 saturated carbocycles. The Morgan fingerprint density at radius 3 is 2.59 bits per heavy atom. The van der Waals surface area contributed by atoms with Crippen LogP contribution in [0.15, 0.2) is 0 Å². The maximum absolute atomic E-state index is 12.4. The number of nitrogens with zero attached hydrogens (tertiary/aromatic N) is 1. The summed E-state index contributed by atoms with van der Waals surface area (Å²) >= 11 is 0. The van der Waals surface area contributed by atoms with E-state index in [-0.39, 0.29) is 24.6 Å². The Bertz CT molecular complexity index is 223. The Morgan fingerprint density at radius 2 is 2.12 bits per heavy atom. The highest BCUT2D eigenvalue weighted by Gasteiger charge is 2.28. The second kappa shape index (κ2) is 7.67. The Morgan fingerprint density at radius 1 is 1.41 bits per heavy atom. The number of nitrogens with one attached hydrogen (secondary N) is 1. The standard InChI is InChI=1S/C13H26N2O2/c1-3-11(4-2)15(9-10-16)13(17)12-7-5-6-8-14-12/h11-12,14,16H,3-10H2,1-2H3/t12-/m1/s1. The maximum Gasteiger partial charge on any atom is 0.240 e. The largest absolute Gasteiger partial charge is 0.395 e. The summed E-state index contributed by atoms with van der Waals surface area (Å²) in [4.78, 5) is 14.3. The van der Waals surface area contributed by atoms with Gasteiger partial charge in [0, 0.05) is 12.6 Å². The smallest absolute Gasteiger partial charge is 0.240 e. The molecule has 1 amide bonds. The summed E-state index contributed by atoms with van der Waals surface area (Å²) in [7, 11) is 0. The average molecular weight is 242 g/mol. The third-order valence-corrected chi connectivity index (χ3v) is 3.62. The van der Waals surface area contributed by atoms with Crippen molar-refractivity contribution >= 4 is 5.91 Å². The van der Waals surface area contributed by atoms with Crippen LogP contribution in [0, 0.1) is 0 Å². The monoisotopic (exact) mass is 242 g/mol. The molecule has 0 radical (unpaired) electrons. The summed E-state index contributed by atoms with van der Waals surface area (Å²) in [5, 5.41) is 12.4. The minimum atomic E-state index is -0.0316. The number of amides is 1. The molecular weight excluding hydrogens is 216 g/mol. The van der Waals surface area contributed by atoms with Gasteiger partial charge in [0.15, 0.2) is 0 Å². The average Bonchev–Trinajstić information content (AvgIpc) is 2.39. The summed E-state index contributed by atoms with van der Waals surface area (Å²) in [6.45, 7) is 5.64. The summed E-state index contributed by atoms with van der Waals surface area (Å²) in [6, 6.07) is 0.231. The number of piperidine rings is 1. The minimum Gasteiger partial charge on any atom is -0.395 e. The predicted octanol–water partition coefficient (Wildman–Crippen LogP) is 1.14. The highest BCUT2D eigenvalue weighted by atomic mass is 16.3. The maximum atomic E-state index is 12.4. The van der Waals surface area contributed by atoms with Crippen molar-refractivity contribution < 1.29 is 9.90 Å². The molecule has 100 valence electrons. The Labute approximate surface area is 104 Å². The van der Waals surface area contributed by atoms with Crippen LogP contribution in [0.3, 0.4) is 0 Å². The number of hydrogen-bond acceptors (Lipinski definition) is 3. The number of aliphatic hydroxyl groups is 1. The van der Waals surface area contributed by atoms with Crippen molar-refractivity contribution in [2.75, 3.05) is 19.7 Å². The van der Waals surface area contributed by atoms with Crippen molar-refractivity contribution in [3.8, 4) is 0 Å². The van der Waals surface area contributed by atoms with Gasteiger partial charge in [-0.2, -0.15) is 0 Å². The molecule has 2 N–H and O–H groups in total. The fraction of sp³-hybridized carbons (Fsp3) is 0.923. The number of rotatable bonds is 6. The zero-order valence-corrected chi connectivity index (χ0v) is 11.1. The van der Waals surface area contributed by atoms with Crippen molar-refractivity contribution in [2.24, 2.45) is 0 Å². The first-order valence-corrected chi connectivity index (χ1v) is 6.89. The summed E-state index contributed by atoms with van der Waals surface area (Å²) < 4.78 is 0. The van der Waals surface area contributed by atoms with Crippen molar-refractivity contribution in [3.63, 3.8) is 0 Å². The van der Waals surface area contributed by atoms with Crippen LogP contribution in [-0.2, 0) is 4.79 Å². The molecule has 0 unspecified atom stereocenters. The van der Waals surface area contributed by atoms with Gasteiger partial charge in [0.1, 0.15) is 0 Å². The fourth-order valence-electron chi connectivity index (χ4n) is 2.57. The lowest BCUT2D eigenvalue weighted by molar-refractivity contribution is -0.137. The van der Waals surface area contributed by atoms with Crippen molar-refractivity contribution in [1.82, 2.24) is 10.2 Å². The molecule has 1 fully saturated rings. The van der Waals surface area contributed by atoms with Crippen LogP contribution >= 0.6 is 0 Å². The minimum absolute atomic E-state index is 0.0316. The number of carbonyl (C=O) groups is 1. The van der Waals surface area contributed by atoms with Gasteiger partial charge in [0.05, 0.1) is 12.6 Å². The second-order valence-electron chi connectivity index (χ2n) is 4.73. The van der Waals surface area contributed by atoms with Crippen LogP contribution in [-0.4, -0.2) is 47.7 Å². The van der Waals surface area contributed by atoms with Crippen molar-refractivity contribution in [3.05, 3.63) is 0 Å². The molecule has 1 heterocycles. The second-order valence-corrected chi connectivity index (χ2v) is 4.73. The molecule has 0 aromatic carbocycles. The van der Waals surface area contributed by atoms with E-state index in [1.807, 2.05) is 4.90 Å². The molecule has 0 aromatic heterocycles. The summed E-state index contributed by atoms with van der Waals surface area (Å²) in [5.41, 5.74) is 0. The van der Waals surface area contributed by atoms with E-state index < -0.39 is 0 Å². The SMILES string of the molecule is CCC(CC)N(CCO)C(=O)[C@H]1CCCCN1. The van der Waals surface area contributed by atoms with Crippen LogP contribution < -0.4 is 5.32 Å². The van der Waals surface area contributed by atoms with Crippen LogP contribution in [0.1, 0.15) is 46.0 Å². The Kier molecular flexibility index (Phi) is 6.52. The molecule has 1 rings (SSSR count). The highest BCUT2D eigenvalue weighted by Crippen LogP contribution is 2.14. The lowest BCUT2D eigenvalue weighted by Crippen LogP contribution is -2.52. The van der Waals surface area contributed by atoms with E-state index in [2.05, 4.69) is 19.2 Å². The summed E-state index contributed by atoms with van der Waals surface area (Å²) in [5.74, 6) is 0.174.